The Morgan fingerprint density at radius 2 is 1.74 bits per heavy atom. The lowest BCUT2D eigenvalue weighted by Crippen LogP contribution is -2.30. The van der Waals surface area contributed by atoms with Crippen molar-refractivity contribution in [1.29, 1.82) is 0 Å². The van der Waals surface area contributed by atoms with Crippen LogP contribution in [0.2, 0.25) is 0 Å². The van der Waals surface area contributed by atoms with Gasteiger partial charge in [0.2, 0.25) is 0 Å². The van der Waals surface area contributed by atoms with Gasteiger partial charge in [-0.15, -0.1) is 0 Å². The molecule has 31 heavy (non-hydrogen) atoms. The normalized spacial score (nSPS) is 11.7. The monoisotopic (exact) mass is 416 g/mol. The number of carbonyl (C=O) groups excluding carboxylic acids is 2. The van der Waals surface area contributed by atoms with E-state index in [-0.39, 0.29) is 0 Å². The van der Waals surface area contributed by atoms with Crippen molar-refractivity contribution in [3.05, 3.63) is 78.4 Å². The number of esters is 1. The lowest BCUT2D eigenvalue weighted by atomic mass is 10.1. The quantitative estimate of drug-likeness (QED) is 0.459. The standard InChI is InChI=1S/C24H20N2O5/c1-15(23(27)25-20-10-6-7-11-21(20)29-2)30-24(28)17-12-13-19-18(14-17)22(31-26-19)16-8-4-3-5-9-16/h3-15H,1-2H3,(H,25,27)/t15-/m1/s1. The summed E-state index contributed by atoms with van der Waals surface area (Å²) in [5, 5.41) is 7.44. The molecular weight excluding hydrogens is 396 g/mol. The highest BCUT2D eigenvalue weighted by Crippen LogP contribution is 2.29. The molecule has 0 aliphatic heterocycles. The van der Waals surface area contributed by atoms with Crippen LogP contribution in [0, 0.1) is 0 Å². The Kier molecular flexibility index (Phi) is 5.66. The fourth-order valence-electron chi connectivity index (χ4n) is 3.13. The fourth-order valence-corrected chi connectivity index (χ4v) is 3.13. The summed E-state index contributed by atoms with van der Waals surface area (Å²) < 4.78 is 16.1. The molecule has 7 heteroatoms. The van der Waals surface area contributed by atoms with Gasteiger partial charge in [0, 0.05) is 5.56 Å². The molecule has 0 radical (unpaired) electrons. The van der Waals surface area contributed by atoms with Crippen LogP contribution >= 0.6 is 0 Å². The molecule has 0 aliphatic rings. The molecule has 1 amide bonds. The number of hydrogen-bond donors (Lipinski definition) is 1. The second kappa shape index (κ2) is 8.71. The summed E-state index contributed by atoms with van der Waals surface area (Å²) in [5.41, 5.74) is 2.26. The van der Waals surface area contributed by atoms with Crippen molar-refractivity contribution in [2.24, 2.45) is 0 Å². The zero-order chi connectivity index (χ0) is 21.8. The number of para-hydroxylation sites is 2. The Morgan fingerprint density at radius 3 is 2.52 bits per heavy atom. The van der Waals surface area contributed by atoms with Gasteiger partial charge < -0.3 is 19.3 Å². The van der Waals surface area contributed by atoms with Crippen LogP contribution in [0.3, 0.4) is 0 Å². The minimum atomic E-state index is -1.01. The number of ether oxygens (including phenoxy) is 2. The molecule has 156 valence electrons. The second-order valence-corrected chi connectivity index (χ2v) is 6.85. The predicted molar refractivity (Wildman–Crippen MR) is 116 cm³/mol. The molecule has 7 nitrogen and oxygen atoms in total. The smallest absolute Gasteiger partial charge is 0.338 e. The average molecular weight is 416 g/mol. The maximum Gasteiger partial charge on any atom is 0.338 e. The van der Waals surface area contributed by atoms with Crippen LogP contribution in [-0.4, -0.2) is 30.2 Å². The summed E-state index contributed by atoms with van der Waals surface area (Å²) in [5.74, 6) is -0.00777. The number of nitrogens with one attached hydrogen (secondary N) is 1. The van der Waals surface area contributed by atoms with Crippen LogP contribution in [-0.2, 0) is 9.53 Å². The van der Waals surface area contributed by atoms with E-state index in [4.69, 9.17) is 14.0 Å². The second-order valence-electron chi connectivity index (χ2n) is 6.85. The summed E-state index contributed by atoms with van der Waals surface area (Å²) >= 11 is 0. The number of hydrogen-bond acceptors (Lipinski definition) is 6. The van der Waals surface area contributed by atoms with E-state index in [0.29, 0.717) is 33.7 Å². The SMILES string of the molecule is COc1ccccc1NC(=O)[C@@H](C)OC(=O)c1ccc2noc(-c3ccccc3)c2c1. The Hall–Kier alpha value is -4.13. The van der Waals surface area contributed by atoms with Crippen molar-refractivity contribution in [2.75, 3.05) is 12.4 Å². The molecule has 0 fully saturated rings. The molecule has 1 atom stereocenters. The minimum absolute atomic E-state index is 0.296. The zero-order valence-electron chi connectivity index (χ0n) is 17.0. The molecule has 0 unspecified atom stereocenters. The lowest BCUT2D eigenvalue weighted by Gasteiger charge is -2.15. The van der Waals surface area contributed by atoms with Crippen LogP contribution < -0.4 is 10.1 Å². The molecule has 1 N–H and O–H groups in total. The number of rotatable bonds is 6. The van der Waals surface area contributed by atoms with Crippen molar-refractivity contribution in [1.82, 2.24) is 5.16 Å². The summed E-state index contributed by atoms with van der Waals surface area (Å²) in [4.78, 5) is 25.2. The van der Waals surface area contributed by atoms with Gasteiger partial charge in [0.05, 0.1) is 23.7 Å². The van der Waals surface area contributed by atoms with Crippen LogP contribution in [0.4, 0.5) is 5.69 Å². The van der Waals surface area contributed by atoms with E-state index < -0.39 is 18.0 Å². The molecule has 4 rings (SSSR count). The molecule has 1 aromatic heterocycles. The molecule has 0 spiro atoms. The molecule has 0 bridgehead atoms. The number of nitrogens with zero attached hydrogens (tertiary/aromatic N) is 1. The largest absolute Gasteiger partial charge is 0.495 e. The summed E-state index contributed by atoms with van der Waals surface area (Å²) in [6.07, 6.45) is -1.01. The number of amides is 1. The Morgan fingerprint density at radius 1 is 1.00 bits per heavy atom. The molecule has 1 heterocycles. The van der Waals surface area contributed by atoms with E-state index >= 15 is 0 Å². The first-order valence-electron chi connectivity index (χ1n) is 9.66. The van der Waals surface area contributed by atoms with Crippen LogP contribution in [0.25, 0.3) is 22.2 Å². The van der Waals surface area contributed by atoms with E-state index in [9.17, 15) is 9.59 Å². The molecule has 3 aromatic carbocycles. The summed E-state index contributed by atoms with van der Waals surface area (Å²) in [6, 6.07) is 21.4. The van der Waals surface area contributed by atoms with Gasteiger partial charge in [-0.25, -0.2) is 4.79 Å². The third-order valence-corrected chi connectivity index (χ3v) is 4.77. The molecule has 0 saturated heterocycles. The van der Waals surface area contributed by atoms with Gasteiger partial charge in [0.1, 0.15) is 11.3 Å². The van der Waals surface area contributed by atoms with Crippen LogP contribution in [0.1, 0.15) is 17.3 Å². The fraction of sp³-hybridized carbons (Fsp3) is 0.125. The van der Waals surface area contributed by atoms with Crippen LogP contribution in [0.15, 0.2) is 77.3 Å². The topological polar surface area (TPSA) is 90.7 Å². The highest BCUT2D eigenvalue weighted by molar-refractivity contribution is 6.01. The van der Waals surface area contributed by atoms with Crippen LogP contribution in [0.5, 0.6) is 5.75 Å². The van der Waals surface area contributed by atoms with E-state index in [2.05, 4.69) is 10.5 Å². The van der Waals surface area contributed by atoms with Gasteiger partial charge in [0.15, 0.2) is 11.9 Å². The maximum atomic E-state index is 12.7. The number of fused-ring (bicyclic) bond motifs is 1. The number of aromatic nitrogens is 1. The van der Waals surface area contributed by atoms with E-state index in [0.717, 1.165) is 5.56 Å². The molecule has 0 aliphatic carbocycles. The highest BCUT2D eigenvalue weighted by Gasteiger charge is 2.21. The maximum absolute atomic E-state index is 12.7. The average Bonchev–Trinajstić information content (AvgIpc) is 3.23. The first-order chi connectivity index (χ1) is 15.1. The summed E-state index contributed by atoms with van der Waals surface area (Å²) in [7, 11) is 1.51. The Labute approximate surface area is 178 Å². The number of benzene rings is 3. The Balaban J connectivity index is 1.51. The molecule has 0 saturated carbocycles. The van der Waals surface area contributed by atoms with Gasteiger partial charge >= 0.3 is 5.97 Å². The van der Waals surface area contributed by atoms with Crippen molar-refractivity contribution in [3.63, 3.8) is 0 Å². The van der Waals surface area contributed by atoms with E-state index in [1.807, 2.05) is 30.3 Å². The van der Waals surface area contributed by atoms with Crippen molar-refractivity contribution in [3.8, 4) is 17.1 Å². The van der Waals surface area contributed by atoms with Gasteiger partial charge in [-0.1, -0.05) is 47.6 Å². The minimum Gasteiger partial charge on any atom is -0.495 e. The molecule has 4 aromatic rings. The number of carbonyl (C=O) groups is 2. The predicted octanol–water partition coefficient (Wildman–Crippen LogP) is 4.69. The van der Waals surface area contributed by atoms with Gasteiger partial charge in [-0.05, 0) is 37.3 Å². The van der Waals surface area contributed by atoms with E-state index in [1.54, 1.807) is 42.5 Å². The van der Waals surface area contributed by atoms with Crippen molar-refractivity contribution < 1.29 is 23.6 Å². The van der Waals surface area contributed by atoms with E-state index in [1.165, 1.54) is 14.0 Å². The molecular formula is C24H20N2O5. The highest BCUT2D eigenvalue weighted by atomic mass is 16.5. The zero-order valence-corrected chi connectivity index (χ0v) is 17.0. The lowest BCUT2D eigenvalue weighted by molar-refractivity contribution is -0.123. The third-order valence-electron chi connectivity index (χ3n) is 4.77. The number of methoxy groups -OCH3 is 1. The first kappa shape index (κ1) is 20.2. The van der Waals surface area contributed by atoms with Gasteiger partial charge in [0.25, 0.3) is 5.91 Å². The van der Waals surface area contributed by atoms with Gasteiger partial charge in [-0.2, -0.15) is 0 Å². The van der Waals surface area contributed by atoms with Crippen molar-refractivity contribution >= 4 is 28.5 Å². The number of anilines is 1. The third kappa shape index (κ3) is 4.25. The summed E-state index contributed by atoms with van der Waals surface area (Å²) in [6.45, 7) is 1.51. The Bertz CT molecular complexity index is 1230. The van der Waals surface area contributed by atoms with Crippen molar-refractivity contribution in [2.45, 2.75) is 13.0 Å². The first-order valence-corrected chi connectivity index (χ1v) is 9.66. The van der Waals surface area contributed by atoms with Gasteiger partial charge in [-0.3, -0.25) is 4.79 Å².